The summed E-state index contributed by atoms with van der Waals surface area (Å²) >= 11 is 0. The highest BCUT2D eigenvalue weighted by Crippen LogP contribution is 2.45. The Kier molecular flexibility index (Phi) is 6.93. The van der Waals surface area contributed by atoms with E-state index in [1.165, 1.54) is 18.4 Å². The molecule has 0 unspecified atom stereocenters. The third kappa shape index (κ3) is 5.93. The van der Waals surface area contributed by atoms with Crippen molar-refractivity contribution < 1.29 is 26.7 Å². The molecular formula is C21H31F2N3O4S. The third-order valence-electron chi connectivity index (χ3n) is 6.48. The summed E-state index contributed by atoms with van der Waals surface area (Å²) in [5, 5.41) is 2.65. The minimum atomic E-state index is -3.30. The number of carbonyl (C=O) groups excluding carboxylic acids is 1. The highest BCUT2D eigenvalue weighted by molar-refractivity contribution is 7.88. The molecule has 174 valence electrons. The molecule has 2 saturated heterocycles. The summed E-state index contributed by atoms with van der Waals surface area (Å²) in [5.41, 5.74) is -0.244. The number of nitrogens with zero attached hydrogens (tertiary/aromatic N) is 2. The average Bonchev–Trinajstić information content (AvgIpc) is 2.66. The highest BCUT2D eigenvalue weighted by Gasteiger charge is 2.47. The number of benzene rings is 1. The van der Waals surface area contributed by atoms with Crippen LogP contribution in [-0.4, -0.2) is 68.1 Å². The monoisotopic (exact) mass is 459 g/mol. The number of hydrogen-bond donors (Lipinski definition) is 1. The van der Waals surface area contributed by atoms with Crippen LogP contribution in [0.1, 0.15) is 39.5 Å². The van der Waals surface area contributed by atoms with Crippen molar-refractivity contribution in [3.8, 4) is 5.75 Å². The zero-order chi connectivity index (χ0) is 22.9. The molecular weight excluding hydrogens is 428 g/mol. The zero-order valence-corrected chi connectivity index (χ0v) is 19.1. The molecule has 1 amide bonds. The SMILES string of the molecule is CC1(C)CCC2(CCN(CC(=O)Nc3ccccc3OC(F)F)CC2)CN1S(C)(=O)=O. The molecule has 1 aromatic carbocycles. The number of likely N-dealkylation sites (tertiary alicyclic amines) is 1. The van der Waals surface area contributed by atoms with Crippen LogP contribution in [0.2, 0.25) is 0 Å². The number of piperidine rings is 2. The topological polar surface area (TPSA) is 79.0 Å². The molecule has 0 bridgehead atoms. The van der Waals surface area contributed by atoms with Crippen LogP contribution in [0.25, 0.3) is 0 Å². The first-order chi connectivity index (χ1) is 14.4. The second-order valence-corrected chi connectivity index (χ2v) is 11.2. The summed E-state index contributed by atoms with van der Waals surface area (Å²) in [4.78, 5) is 14.5. The van der Waals surface area contributed by atoms with Crippen LogP contribution in [0.3, 0.4) is 0 Å². The number of para-hydroxylation sites is 2. The minimum absolute atomic E-state index is 0.0662. The Labute approximate surface area is 182 Å². The lowest BCUT2D eigenvalue weighted by molar-refractivity contribution is -0.118. The van der Waals surface area contributed by atoms with Gasteiger partial charge < -0.3 is 10.1 Å². The molecule has 10 heteroatoms. The van der Waals surface area contributed by atoms with E-state index in [1.54, 1.807) is 16.4 Å². The number of nitrogens with one attached hydrogen (secondary N) is 1. The number of sulfonamides is 1. The molecule has 31 heavy (non-hydrogen) atoms. The van der Waals surface area contributed by atoms with Crippen LogP contribution < -0.4 is 10.1 Å². The molecule has 2 aliphatic rings. The molecule has 0 radical (unpaired) electrons. The van der Waals surface area contributed by atoms with Crippen molar-refractivity contribution in [1.82, 2.24) is 9.21 Å². The second kappa shape index (κ2) is 8.99. The van der Waals surface area contributed by atoms with E-state index in [-0.39, 0.29) is 34.8 Å². The van der Waals surface area contributed by atoms with E-state index in [0.29, 0.717) is 19.6 Å². The third-order valence-corrected chi connectivity index (χ3v) is 7.91. The molecule has 1 aromatic rings. The van der Waals surface area contributed by atoms with Gasteiger partial charge in [-0.2, -0.15) is 13.1 Å². The molecule has 1 spiro atoms. The van der Waals surface area contributed by atoms with Gasteiger partial charge in [-0.3, -0.25) is 9.69 Å². The lowest BCUT2D eigenvalue weighted by atomic mass is 9.69. The van der Waals surface area contributed by atoms with Crippen molar-refractivity contribution in [3.63, 3.8) is 0 Å². The Morgan fingerprint density at radius 3 is 2.42 bits per heavy atom. The second-order valence-electron chi connectivity index (χ2n) is 9.28. The molecule has 3 rings (SSSR count). The van der Waals surface area contributed by atoms with Crippen molar-refractivity contribution in [3.05, 3.63) is 24.3 Å². The summed E-state index contributed by atoms with van der Waals surface area (Å²) in [6, 6.07) is 6.09. The van der Waals surface area contributed by atoms with E-state index in [4.69, 9.17) is 0 Å². The first-order valence-corrected chi connectivity index (χ1v) is 12.3. The molecule has 2 heterocycles. The Hall–Kier alpha value is -1.78. The fourth-order valence-corrected chi connectivity index (χ4v) is 6.11. The van der Waals surface area contributed by atoms with Crippen molar-refractivity contribution >= 4 is 21.6 Å². The fourth-order valence-electron chi connectivity index (χ4n) is 4.61. The Morgan fingerprint density at radius 2 is 1.81 bits per heavy atom. The zero-order valence-electron chi connectivity index (χ0n) is 18.2. The summed E-state index contributed by atoms with van der Waals surface area (Å²) in [5.74, 6) is -0.377. The summed E-state index contributed by atoms with van der Waals surface area (Å²) in [6.45, 7) is 2.98. The molecule has 0 aromatic heterocycles. The van der Waals surface area contributed by atoms with E-state index in [9.17, 15) is 22.0 Å². The van der Waals surface area contributed by atoms with E-state index in [0.717, 1.165) is 25.7 Å². The van der Waals surface area contributed by atoms with Gasteiger partial charge in [0.2, 0.25) is 15.9 Å². The Bertz CT molecular complexity index is 900. The lowest BCUT2D eigenvalue weighted by Crippen LogP contribution is -2.58. The Balaban J connectivity index is 1.57. The van der Waals surface area contributed by atoms with Gasteiger partial charge in [0.05, 0.1) is 18.5 Å². The summed E-state index contributed by atoms with van der Waals surface area (Å²) in [6.07, 6.45) is 4.66. The van der Waals surface area contributed by atoms with Crippen LogP contribution >= 0.6 is 0 Å². The van der Waals surface area contributed by atoms with Crippen molar-refractivity contribution in [2.75, 3.05) is 37.8 Å². The predicted molar refractivity (Wildman–Crippen MR) is 115 cm³/mol. The quantitative estimate of drug-likeness (QED) is 0.707. The number of hydrogen-bond acceptors (Lipinski definition) is 5. The van der Waals surface area contributed by atoms with Crippen molar-refractivity contribution in [1.29, 1.82) is 0 Å². The van der Waals surface area contributed by atoms with Gasteiger partial charge in [-0.25, -0.2) is 8.42 Å². The fraction of sp³-hybridized carbons (Fsp3) is 0.667. The van der Waals surface area contributed by atoms with Gasteiger partial charge in [0.15, 0.2) is 0 Å². The molecule has 7 nitrogen and oxygen atoms in total. The van der Waals surface area contributed by atoms with Crippen LogP contribution in [0, 0.1) is 5.41 Å². The molecule has 1 N–H and O–H groups in total. The number of halogens is 2. The van der Waals surface area contributed by atoms with Gasteiger partial charge >= 0.3 is 6.61 Å². The number of carbonyl (C=O) groups is 1. The van der Waals surface area contributed by atoms with Crippen LogP contribution in [-0.2, 0) is 14.8 Å². The number of anilines is 1. The summed E-state index contributed by atoms with van der Waals surface area (Å²) in [7, 11) is -3.30. The van der Waals surface area contributed by atoms with Gasteiger partial charge in [0, 0.05) is 12.1 Å². The van der Waals surface area contributed by atoms with E-state index in [2.05, 4.69) is 10.1 Å². The van der Waals surface area contributed by atoms with Gasteiger partial charge in [0.25, 0.3) is 0 Å². The smallest absolute Gasteiger partial charge is 0.387 e. The first-order valence-electron chi connectivity index (χ1n) is 10.4. The van der Waals surface area contributed by atoms with E-state index >= 15 is 0 Å². The maximum atomic E-state index is 12.5. The number of rotatable bonds is 6. The van der Waals surface area contributed by atoms with Crippen LogP contribution in [0.4, 0.5) is 14.5 Å². The van der Waals surface area contributed by atoms with Crippen molar-refractivity contribution in [2.24, 2.45) is 5.41 Å². The Morgan fingerprint density at radius 1 is 1.16 bits per heavy atom. The normalized spacial score (nSPS) is 21.9. The van der Waals surface area contributed by atoms with Gasteiger partial charge in [-0.15, -0.1) is 0 Å². The number of ether oxygens (including phenoxy) is 1. The summed E-state index contributed by atoms with van der Waals surface area (Å²) < 4.78 is 55.8. The van der Waals surface area contributed by atoms with Crippen LogP contribution in [0.5, 0.6) is 5.75 Å². The van der Waals surface area contributed by atoms with Gasteiger partial charge in [0.1, 0.15) is 5.75 Å². The number of alkyl halides is 2. The molecule has 0 aliphatic carbocycles. The lowest BCUT2D eigenvalue weighted by Gasteiger charge is -2.52. The van der Waals surface area contributed by atoms with E-state index in [1.807, 2.05) is 18.7 Å². The van der Waals surface area contributed by atoms with Crippen LogP contribution in [0.15, 0.2) is 24.3 Å². The maximum Gasteiger partial charge on any atom is 0.387 e. The van der Waals surface area contributed by atoms with Crippen molar-refractivity contribution in [2.45, 2.75) is 51.7 Å². The van der Waals surface area contributed by atoms with E-state index < -0.39 is 16.6 Å². The number of amides is 1. The van der Waals surface area contributed by atoms with Gasteiger partial charge in [-0.05, 0) is 70.2 Å². The highest BCUT2D eigenvalue weighted by atomic mass is 32.2. The predicted octanol–water partition coefficient (Wildman–Crippen LogP) is 3.14. The molecule has 0 atom stereocenters. The molecule has 2 aliphatic heterocycles. The largest absolute Gasteiger partial charge is 0.433 e. The average molecular weight is 460 g/mol. The maximum absolute atomic E-state index is 12.5. The standard InChI is InChI=1S/C21H31F2N3O4S/c1-20(2)8-9-21(15-26(20)31(3,28)29)10-12-25(13-11-21)14-18(27)24-16-6-4-5-7-17(16)30-19(22)23/h4-7,19H,8-15H2,1-3H3,(H,24,27). The van der Waals surface area contributed by atoms with Gasteiger partial charge in [-0.1, -0.05) is 12.1 Å². The minimum Gasteiger partial charge on any atom is -0.433 e. The molecule has 2 fully saturated rings. The molecule has 0 saturated carbocycles. The first kappa shape index (κ1) is 23.9.